The van der Waals surface area contributed by atoms with E-state index in [2.05, 4.69) is 4.98 Å². The van der Waals surface area contributed by atoms with E-state index in [4.69, 9.17) is 4.74 Å². The van der Waals surface area contributed by atoms with Gasteiger partial charge in [0.2, 0.25) is 5.88 Å². The Balaban J connectivity index is 1.53. The number of thiazole rings is 1. The van der Waals surface area contributed by atoms with Crippen molar-refractivity contribution in [3.63, 3.8) is 0 Å². The number of aromatic amines is 1. The SMILES string of the molecule is CS(=O)(=O)c1ccc(CCOc2ccc(Cc3sc(=O)[nH]c3O)cc2)cc1. The number of hydrogen-bond donors (Lipinski definition) is 2. The van der Waals surface area contributed by atoms with Gasteiger partial charge in [-0.1, -0.05) is 35.6 Å². The maximum Gasteiger partial charge on any atom is 0.307 e. The van der Waals surface area contributed by atoms with Gasteiger partial charge in [-0.15, -0.1) is 0 Å². The van der Waals surface area contributed by atoms with E-state index in [1.165, 1.54) is 6.26 Å². The zero-order valence-corrected chi connectivity index (χ0v) is 16.3. The maximum absolute atomic E-state index is 11.5. The van der Waals surface area contributed by atoms with Crippen molar-refractivity contribution in [2.75, 3.05) is 12.9 Å². The minimum atomic E-state index is -3.18. The molecule has 0 bridgehead atoms. The molecule has 0 aliphatic heterocycles. The predicted molar refractivity (Wildman–Crippen MR) is 105 cm³/mol. The summed E-state index contributed by atoms with van der Waals surface area (Å²) in [6.45, 7) is 0.470. The van der Waals surface area contributed by atoms with E-state index in [1.807, 2.05) is 24.3 Å². The second-order valence-corrected chi connectivity index (χ2v) is 9.21. The van der Waals surface area contributed by atoms with Crippen LogP contribution >= 0.6 is 11.3 Å². The fraction of sp³-hybridized carbons (Fsp3) is 0.211. The molecule has 0 atom stereocenters. The lowest BCUT2D eigenvalue weighted by atomic mass is 10.1. The summed E-state index contributed by atoms with van der Waals surface area (Å²) in [7, 11) is -3.18. The van der Waals surface area contributed by atoms with E-state index in [-0.39, 0.29) is 10.8 Å². The van der Waals surface area contributed by atoms with Gasteiger partial charge in [0.1, 0.15) is 5.75 Å². The lowest BCUT2D eigenvalue weighted by Gasteiger charge is -2.08. The van der Waals surface area contributed by atoms with Crippen molar-refractivity contribution in [2.45, 2.75) is 17.7 Å². The Labute approximate surface area is 161 Å². The van der Waals surface area contributed by atoms with Crippen molar-refractivity contribution in [1.82, 2.24) is 4.98 Å². The third kappa shape index (κ3) is 5.21. The van der Waals surface area contributed by atoms with Gasteiger partial charge in [0.05, 0.1) is 16.4 Å². The molecule has 0 fully saturated rings. The molecule has 8 heteroatoms. The summed E-state index contributed by atoms with van der Waals surface area (Å²) in [6.07, 6.45) is 2.33. The van der Waals surface area contributed by atoms with Crippen molar-refractivity contribution in [3.8, 4) is 11.6 Å². The lowest BCUT2D eigenvalue weighted by molar-refractivity contribution is 0.322. The highest BCUT2D eigenvalue weighted by molar-refractivity contribution is 7.90. The zero-order chi connectivity index (χ0) is 19.4. The molecule has 3 aromatic rings. The highest BCUT2D eigenvalue weighted by Crippen LogP contribution is 2.22. The number of hydrogen-bond acceptors (Lipinski definition) is 6. The lowest BCUT2D eigenvalue weighted by Crippen LogP contribution is -2.02. The van der Waals surface area contributed by atoms with Gasteiger partial charge in [-0.2, -0.15) is 0 Å². The summed E-state index contributed by atoms with van der Waals surface area (Å²) in [5.74, 6) is 0.644. The predicted octanol–water partition coefficient (Wildman–Crippen LogP) is 2.76. The average molecular weight is 405 g/mol. The van der Waals surface area contributed by atoms with Crippen molar-refractivity contribution in [3.05, 3.63) is 74.2 Å². The molecule has 0 spiro atoms. The number of aromatic hydroxyl groups is 1. The van der Waals surface area contributed by atoms with Crippen LogP contribution in [0.15, 0.2) is 58.2 Å². The minimum absolute atomic E-state index is 0.0766. The number of rotatable bonds is 7. The monoisotopic (exact) mass is 405 g/mol. The van der Waals surface area contributed by atoms with Crippen molar-refractivity contribution >= 4 is 21.2 Å². The van der Waals surface area contributed by atoms with Crippen LogP contribution in [0, 0.1) is 0 Å². The first-order chi connectivity index (χ1) is 12.8. The normalized spacial score (nSPS) is 11.4. The van der Waals surface area contributed by atoms with Crippen LogP contribution in [0.3, 0.4) is 0 Å². The van der Waals surface area contributed by atoms with Gasteiger partial charge in [0, 0.05) is 19.1 Å². The minimum Gasteiger partial charge on any atom is -0.494 e. The van der Waals surface area contributed by atoms with Crippen LogP contribution in [-0.4, -0.2) is 31.4 Å². The molecule has 0 amide bonds. The van der Waals surface area contributed by atoms with Gasteiger partial charge in [-0.05, 0) is 35.4 Å². The van der Waals surface area contributed by atoms with Crippen molar-refractivity contribution in [1.29, 1.82) is 0 Å². The number of nitrogens with one attached hydrogen (secondary N) is 1. The summed E-state index contributed by atoms with van der Waals surface area (Å²) >= 11 is 0.997. The summed E-state index contributed by atoms with van der Waals surface area (Å²) in [4.78, 5) is 14.2. The fourth-order valence-electron chi connectivity index (χ4n) is 2.55. The van der Waals surface area contributed by atoms with E-state index in [0.29, 0.717) is 29.2 Å². The molecule has 6 nitrogen and oxygen atoms in total. The van der Waals surface area contributed by atoms with Crippen LogP contribution < -0.4 is 9.61 Å². The average Bonchev–Trinajstić information content (AvgIpc) is 2.93. The van der Waals surface area contributed by atoms with Crippen LogP contribution in [0.2, 0.25) is 0 Å². The molecule has 2 aromatic carbocycles. The van der Waals surface area contributed by atoms with Gasteiger partial charge in [-0.3, -0.25) is 9.78 Å². The molecule has 0 saturated heterocycles. The molecule has 1 heterocycles. The Bertz CT molecular complexity index is 1060. The van der Waals surface area contributed by atoms with E-state index in [0.717, 1.165) is 28.2 Å². The van der Waals surface area contributed by atoms with Crippen LogP contribution in [0.1, 0.15) is 16.0 Å². The molecule has 1 aromatic heterocycles. The Hall–Kier alpha value is -2.58. The van der Waals surface area contributed by atoms with E-state index in [9.17, 15) is 18.3 Å². The van der Waals surface area contributed by atoms with Gasteiger partial charge >= 0.3 is 4.87 Å². The molecule has 0 radical (unpaired) electrons. The Morgan fingerprint density at radius 3 is 2.22 bits per heavy atom. The highest BCUT2D eigenvalue weighted by atomic mass is 32.2. The first-order valence-electron chi connectivity index (χ1n) is 8.23. The second-order valence-electron chi connectivity index (χ2n) is 6.12. The Morgan fingerprint density at radius 1 is 1.04 bits per heavy atom. The molecular formula is C19H19NO5S2. The quantitative estimate of drug-likeness (QED) is 0.630. The fourth-order valence-corrected chi connectivity index (χ4v) is 3.94. The van der Waals surface area contributed by atoms with Crippen molar-refractivity contribution < 1.29 is 18.3 Å². The van der Waals surface area contributed by atoms with Gasteiger partial charge < -0.3 is 9.84 Å². The Morgan fingerprint density at radius 2 is 1.67 bits per heavy atom. The van der Waals surface area contributed by atoms with E-state index in [1.54, 1.807) is 24.3 Å². The number of benzene rings is 2. The smallest absolute Gasteiger partial charge is 0.307 e. The van der Waals surface area contributed by atoms with Crippen LogP contribution in [0.4, 0.5) is 0 Å². The summed E-state index contributed by atoms with van der Waals surface area (Å²) < 4.78 is 28.6. The van der Waals surface area contributed by atoms with E-state index < -0.39 is 9.84 Å². The zero-order valence-electron chi connectivity index (χ0n) is 14.6. The van der Waals surface area contributed by atoms with Crippen molar-refractivity contribution in [2.24, 2.45) is 0 Å². The Kier molecular flexibility index (Phi) is 5.67. The third-order valence-electron chi connectivity index (χ3n) is 4.00. The first-order valence-corrected chi connectivity index (χ1v) is 10.9. The van der Waals surface area contributed by atoms with Gasteiger partial charge in [0.15, 0.2) is 9.84 Å². The summed E-state index contributed by atoms with van der Waals surface area (Å²) in [6, 6.07) is 14.2. The van der Waals surface area contributed by atoms with E-state index >= 15 is 0 Å². The molecule has 0 aliphatic carbocycles. The second kappa shape index (κ2) is 7.98. The molecule has 2 N–H and O–H groups in total. The highest BCUT2D eigenvalue weighted by Gasteiger charge is 2.08. The molecule has 142 valence electrons. The van der Waals surface area contributed by atoms with Crippen LogP contribution in [0.5, 0.6) is 11.6 Å². The topological polar surface area (TPSA) is 96.5 Å². The third-order valence-corrected chi connectivity index (χ3v) is 6.00. The molecule has 0 aliphatic rings. The van der Waals surface area contributed by atoms with Crippen LogP contribution in [0.25, 0.3) is 0 Å². The van der Waals surface area contributed by atoms with Crippen LogP contribution in [-0.2, 0) is 22.7 Å². The number of sulfone groups is 1. The number of ether oxygens (including phenoxy) is 1. The largest absolute Gasteiger partial charge is 0.494 e. The van der Waals surface area contributed by atoms with Gasteiger partial charge in [0.25, 0.3) is 0 Å². The first kappa shape index (κ1) is 19.2. The van der Waals surface area contributed by atoms with Gasteiger partial charge in [-0.25, -0.2) is 8.42 Å². The summed E-state index contributed by atoms with van der Waals surface area (Å²) in [5.41, 5.74) is 1.96. The standard InChI is InChI=1S/C19H19NO5S2/c1-27(23,24)16-8-4-13(5-9-16)10-11-25-15-6-2-14(3-7-15)12-17-18(21)20-19(22)26-17/h2-9,21H,10-12H2,1H3,(H,20,22). The maximum atomic E-state index is 11.5. The molecular weight excluding hydrogens is 386 g/mol. The summed E-state index contributed by atoms with van der Waals surface area (Å²) in [5, 5.41) is 9.63. The number of aromatic nitrogens is 1. The number of H-pyrrole nitrogens is 1. The molecule has 3 rings (SSSR count). The molecule has 0 saturated carbocycles. The molecule has 27 heavy (non-hydrogen) atoms. The molecule has 0 unspecified atom stereocenters.